The van der Waals surface area contributed by atoms with E-state index in [4.69, 9.17) is 9.47 Å². The first-order valence-corrected chi connectivity index (χ1v) is 7.93. The molecule has 0 aromatic heterocycles. The van der Waals surface area contributed by atoms with Crippen molar-refractivity contribution in [3.8, 4) is 0 Å². The summed E-state index contributed by atoms with van der Waals surface area (Å²) in [5.74, 6) is -0.585. The van der Waals surface area contributed by atoms with Crippen molar-refractivity contribution in [1.29, 1.82) is 0 Å². The van der Waals surface area contributed by atoms with Crippen molar-refractivity contribution in [2.24, 2.45) is 0 Å². The molecule has 0 aromatic carbocycles. The van der Waals surface area contributed by atoms with Gasteiger partial charge in [0.2, 0.25) is 0 Å². The average Bonchev–Trinajstić information content (AvgIpc) is 2.35. The highest BCUT2D eigenvalue weighted by atomic mass is 16.5. The number of esters is 2. The lowest BCUT2D eigenvalue weighted by atomic mass is 9.80. The first-order chi connectivity index (χ1) is 10.1. The Labute approximate surface area is 132 Å². The van der Waals surface area contributed by atoms with Crippen molar-refractivity contribution in [3.63, 3.8) is 0 Å². The fraction of sp³-hybridized carbons (Fsp3) is 0.875. The summed E-state index contributed by atoms with van der Waals surface area (Å²) in [5.41, 5.74) is -0.894. The summed E-state index contributed by atoms with van der Waals surface area (Å²) in [7, 11) is 0. The number of carbonyl (C=O) groups excluding carboxylic acids is 2. The van der Waals surface area contributed by atoms with E-state index < -0.39 is 11.1 Å². The highest BCUT2D eigenvalue weighted by molar-refractivity contribution is 5.72. The maximum absolute atomic E-state index is 11.9. The average molecular weight is 315 g/mol. The first kappa shape index (κ1) is 18.9. The first-order valence-electron chi connectivity index (χ1n) is 7.93. The lowest BCUT2D eigenvalue weighted by Crippen LogP contribution is -2.60. The van der Waals surface area contributed by atoms with Gasteiger partial charge in [-0.3, -0.25) is 9.59 Å². The quantitative estimate of drug-likeness (QED) is 0.759. The van der Waals surface area contributed by atoms with Crippen molar-refractivity contribution < 1.29 is 24.3 Å². The molecule has 1 aliphatic rings. The number of nitrogens with zero attached hydrogens (tertiary/aromatic N) is 1. The number of ether oxygens (including phenoxy) is 2. The van der Waals surface area contributed by atoms with Crippen molar-refractivity contribution in [1.82, 2.24) is 5.06 Å². The van der Waals surface area contributed by atoms with E-state index in [-0.39, 0.29) is 30.9 Å². The van der Waals surface area contributed by atoms with E-state index in [0.29, 0.717) is 25.9 Å². The summed E-state index contributed by atoms with van der Waals surface area (Å²) in [5, 5.41) is 11.6. The van der Waals surface area contributed by atoms with Gasteiger partial charge < -0.3 is 14.7 Å². The van der Waals surface area contributed by atoms with E-state index in [2.05, 4.69) is 0 Å². The molecule has 0 radical (unpaired) electrons. The summed E-state index contributed by atoms with van der Waals surface area (Å²) in [6.45, 7) is 9.81. The maximum atomic E-state index is 11.9. The van der Waals surface area contributed by atoms with Gasteiger partial charge in [-0.15, -0.1) is 0 Å². The molecule has 22 heavy (non-hydrogen) atoms. The Hall–Kier alpha value is -1.14. The van der Waals surface area contributed by atoms with E-state index in [1.165, 1.54) is 5.06 Å². The van der Waals surface area contributed by atoms with Crippen LogP contribution in [0.5, 0.6) is 0 Å². The molecule has 6 nitrogen and oxygen atoms in total. The van der Waals surface area contributed by atoms with Crippen LogP contribution in [-0.2, 0) is 19.1 Å². The fourth-order valence-electron chi connectivity index (χ4n) is 3.12. The molecule has 0 aromatic rings. The summed E-state index contributed by atoms with van der Waals surface area (Å²) < 4.78 is 10.3. The number of piperidine rings is 1. The van der Waals surface area contributed by atoms with Crippen molar-refractivity contribution in [2.75, 3.05) is 6.61 Å². The van der Waals surface area contributed by atoms with Crippen molar-refractivity contribution in [2.45, 2.75) is 83.9 Å². The van der Waals surface area contributed by atoms with Crippen LogP contribution in [-0.4, -0.2) is 46.0 Å². The Morgan fingerprint density at radius 2 is 1.59 bits per heavy atom. The van der Waals surface area contributed by atoms with Gasteiger partial charge in [0, 0.05) is 36.8 Å². The molecule has 0 aliphatic carbocycles. The molecule has 1 fully saturated rings. The fourth-order valence-corrected chi connectivity index (χ4v) is 3.12. The van der Waals surface area contributed by atoms with Gasteiger partial charge in [-0.1, -0.05) is 0 Å². The Balaban J connectivity index is 2.43. The predicted octanol–water partition coefficient (Wildman–Crippen LogP) is 2.67. The summed E-state index contributed by atoms with van der Waals surface area (Å²) in [6.07, 6.45) is 1.81. The second-order valence-corrected chi connectivity index (χ2v) is 7.12. The zero-order valence-electron chi connectivity index (χ0n) is 14.3. The zero-order chi connectivity index (χ0) is 17.0. The largest absolute Gasteiger partial charge is 0.466 e. The van der Waals surface area contributed by atoms with Crippen LogP contribution in [0.1, 0.15) is 66.7 Å². The molecule has 1 saturated heterocycles. The minimum atomic E-state index is -0.447. The second kappa shape index (κ2) is 7.42. The lowest BCUT2D eigenvalue weighted by molar-refractivity contribution is -0.259. The third-order valence-electron chi connectivity index (χ3n) is 3.97. The summed E-state index contributed by atoms with van der Waals surface area (Å²) >= 11 is 0. The van der Waals surface area contributed by atoms with E-state index in [9.17, 15) is 14.8 Å². The molecule has 6 heteroatoms. The smallest absolute Gasteiger partial charge is 0.306 e. The monoisotopic (exact) mass is 315 g/mol. The maximum Gasteiger partial charge on any atom is 0.306 e. The normalized spacial score (nSPS) is 21.4. The van der Waals surface area contributed by atoms with Gasteiger partial charge in [0.15, 0.2) is 0 Å². The lowest BCUT2D eigenvalue weighted by Gasteiger charge is -2.50. The van der Waals surface area contributed by atoms with Gasteiger partial charge >= 0.3 is 11.9 Å². The van der Waals surface area contributed by atoms with Gasteiger partial charge in [0.25, 0.3) is 0 Å². The minimum Gasteiger partial charge on any atom is -0.466 e. The van der Waals surface area contributed by atoms with E-state index in [1.54, 1.807) is 6.92 Å². The molecule has 0 bridgehead atoms. The van der Waals surface area contributed by atoms with Crippen LogP contribution < -0.4 is 0 Å². The molecule has 0 spiro atoms. The van der Waals surface area contributed by atoms with E-state index in [0.717, 1.165) is 0 Å². The molecule has 0 atom stereocenters. The molecular formula is C16H29NO5. The van der Waals surface area contributed by atoms with Crippen LogP contribution in [0.4, 0.5) is 0 Å². The molecule has 1 aliphatic heterocycles. The molecule has 0 amide bonds. The van der Waals surface area contributed by atoms with Gasteiger partial charge in [0.05, 0.1) is 6.61 Å². The number of hydroxylamine groups is 2. The predicted molar refractivity (Wildman–Crippen MR) is 81.4 cm³/mol. The topological polar surface area (TPSA) is 76.1 Å². The highest BCUT2D eigenvalue weighted by Crippen LogP contribution is 2.38. The van der Waals surface area contributed by atoms with Crippen LogP contribution in [0.15, 0.2) is 0 Å². The Morgan fingerprint density at radius 1 is 1.09 bits per heavy atom. The molecular weight excluding hydrogens is 286 g/mol. The third-order valence-corrected chi connectivity index (χ3v) is 3.97. The standard InChI is InChI=1S/C16H29NO5/c1-6-21-13(18)8-7-9-14(19)22-12-10-15(2,3)17(20)16(4,5)11-12/h12,20H,6-11H2,1-5H3. The van der Waals surface area contributed by atoms with Crippen LogP contribution >= 0.6 is 0 Å². The summed E-state index contributed by atoms with van der Waals surface area (Å²) in [4.78, 5) is 23.1. The molecule has 128 valence electrons. The minimum absolute atomic E-state index is 0.207. The van der Waals surface area contributed by atoms with Crippen LogP contribution in [0.25, 0.3) is 0 Å². The third kappa shape index (κ3) is 5.25. The van der Waals surface area contributed by atoms with Gasteiger partial charge in [-0.2, -0.15) is 5.06 Å². The van der Waals surface area contributed by atoms with Crippen LogP contribution in [0.3, 0.4) is 0 Å². The molecule has 1 rings (SSSR count). The van der Waals surface area contributed by atoms with Crippen LogP contribution in [0, 0.1) is 0 Å². The number of hydrogen-bond donors (Lipinski definition) is 1. The number of carbonyl (C=O) groups is 2. The number of rotatable bonds is 6. The van der Waals surface area contributed by atoms with E-state index >= 15 is 0 Å². The number of hydrogen-bond acceptors (Lipinski definition) is 6. The van der Waals surface area contributed by atoms with Gasteiger partial charge in [-0.25, -0.2) is 0 Å². The molecule has 1 heterocycles. The van der Waals surface area contributed by atoms with E-state index in [1.807, 2.05) is 27.7 Å². The molecule has 0 unspecified atom stereocenters. The Bertz CT molecular complexity index is 387. The zero-order valence-corrected chi connectivity index (χ0v) is 14.3. The van der Waals surface area contributed by atoms with Crippen molar-refractivity contribution in [3.05, 3.63) is 0 Å². The van der Waals surface area contributed by atoms with Crippen molar-refractivity contribution >= 4 is 11.9 Å². The molecule has 0 saturated carbocycles. The SMILES string of the molecule is CCOC(=O)CCCC(=O)OC1CC(C)(C)N(O)C(C)(C)C1. The Kier molecular flexibility index (Phi) is 6.38. The Morgan fingerprint density at radius 3 is 2.09 bits per heavy atom. The van der Waals surface area contributed by atoms with Gasteiger partial charge in [-0.05, 0) is 41.0 Å². The second-order valence-electron chi connectivity index (χ2n) is 7.12. The van der Waals surface area contributed by atoms with Crippen LogP contribution in [0.2, 0.25) is 0 Å². The summed E-state index contributed by atoms with van der Waals surface area (Å²) in [6, 6.07) is 0. The van der Waals surface area contributed by atoms with Gasteiger partial charge in [0.1, 0.15) is 6.10 Å². The highest BCUT2D eigenvalue weighted by Gasteiger charge is 2.46. The molecule has 1 N–H and O–H groups in total.